The van der Waals surface area contributed by atoms with Crippen LogP contribution in [0.2, 0.25) is 0 Å². The summed E-state index contributed by atoms with van der Waals surface area (Å²) >= 11 is 0. The zero-order valence-electron chi connectivity index (χ0n) is 14.0. The van der Waals surface area contributed by atoms with E-state index in [9.17, 15) is 9.32 Å². The summed E-state index contributed by atoms with van der Waals surface area (Å²) in [5, 5.41) is 9.97. The monoisotopic (exact) mass is 316 g/mol. The number of aliphatic hydroxyl groups is 1. The lowest BCUT2D eigenvalue weighted by Gasteiger charge is -2.26. The molecular weight excluding hydrogens is 280 g/mol. The molecule has 0 radical (unpaired) electrons. The fourth-order valence-corrected chi connectivity index (χ4v) is 4.97. The summed E-state index contributed by atoms with van der Waals surface area (Å²) in [6.45, 7) is 2.26. The van der Waals surface area contributed by atoms with Gasteiger partial charge in [-0.3, -0.25) is 4.21 Å². The molecule has 1 saturated carbocycles. The van der Waals surface area contributed by atoms with Gasteiger partial charge in [0.25, 0.3) is 0 Å². The van der Waals surface area contributed by atoms with Crippen molar-refractivity contribution < 1.29 is 9.32 Å². The molecule has 3 atom stereocenters. The fourth-order valence-electron chi connectivity index (χ4n) is 3.27. The number of aliphatic hydroxyl groups excluding tert-OH is 1. The van der Waals surface area contributed by atoms with Crippen LogP contribution in [0.25, 0.3) is 0 Å². The Kier molecular flexibility index (Phi) is 11.5. The van der Waals surface area contributed by atoms with Gasteiger partial charge in [-0.05, 0) is 19.3 Å². The highest BCUT2D eigenvalue weighted by atomic mass is 32.2. The minimum Gasteiger partial charge on any atom is -0.392 e. The van der Waals surface area contributed by atoms with E-state index in [0.717, 1.165) is 37.9 Å². The molecule has 0 bridgehead atoms. The van der Waals surface area contributed by atoms with Crippen molar-refractivity contribution in [1.82, 2.24) is 0 Å². The second-order valence-corrected chi connectivity index (χ2v) is 8.43. The predicted molar refractivity (Wildman–Crippen MR) is 93.1 cm³/mol. The number of hydrogen-bond acceptors (Lipinski definition) is 2. The van der Waals surface area contributed by atoms with Crippen molar-refractivity contribution in [2.24, 2.45) is 0 Å². The zero-order chi connectivity index (χ0) is 15.3. The fraction of sp³-hybridized carbons (Fsp3) is 1.00. The van der Waals surface area contributed by atoms with Crippen LogP contribution in [0.1, 0.15) is 96.8 Å². The molecule has 2 nitrogen and oxygen atoms in total. The van der Waals surface area contributed by atoms with Gasteiger partial charge in [0, 0.05) is 16.6 Å². The van der Waals surface area contributed by atoms with Gasteiger partial charge < -0.3 is 5.11 Å². The van der Waals surface area contributed by atoms with Gasteiger partial charge in [0.2, 0.25) is 0 Å². The van der Waals surface area contributed by atoms with Crippen molar-refractivity contribution in [1.29, 1.82) is 0 Å². The summed E-state index contributed by atoms with van der Waals surface area (Å²) in [4.78, 5) is 0. The first-order valence-electron chi connectivity index (χ1n) is 9.31. The molecule has 0 saturated heterocycles. The van der Waals surface area contributed by atoms with E-state index in [0.29, 0.717) is 0 Å². The lowest BCUT2D eigenvalue weighted by molar-refractivity contribution is 0.135. The number of hydrogen-bond donors (Lipinski definition) is 1. The van der Waals surface area contributed by atoms with Gasteiger partial charge in [-0.25, -0.2) is 0 Å². The number of unbranched alkanes of at least 4 members (excludes halogenated alkanes) is 9. The van der Waals surface area contributed by atoms with Gasteiger partial charge in [0.1, 0.15) is 0 Å². The largest absolute Gasteiger partial charge is 0.392 e. The molecule has 0 aromatic rings. The van der Waals surface area contributed by atoms with E-state index in [1.807, 2.05) is 0 Å². The maximum atomic E-state index is 12.2. The average molecular weight is 317 g/mol. The zero-order valence-corrected chi connectivity index (χ0v) is 14.8. The molecule has 0 heterocycles. The molecular formula is C18H36O2S. The molecule has 3 heteroatoms. The molecule has 0 unspecified atom stereocenters. The van der Waals surface area contributed by atoms with E-state index >= 15 is 0 Å². The van der Waals surface area contributed by atoms with Crippen molar-refractivity contribution in [2.45, 2.75) is 108 Å². The molecule has 1 fully saturated rings. The van der Waals surface area contributed by atoms with Crippen LogP contribution >= 0.6 is 0 Å². The molecule has 126 valence electrons. The van der Waals surface area contributed by atoms with Crippen LogP contribution in [0, 0.1) is 0 Å². The Hall–Kier alpha value is 0.110. The third-order valence-corrected chi connectivity index (χ3v) is 6.62. The second kappa shape index (κ2) is 12.6. The van der Waals surface area contributed by atoms with Gasteiger partial charge >= 0.3 is 0 Å². The molecule has 0 aliphatic heterocycles. The minimum absolute atomic E-state index is 0.0670. The van der Waals surface area contributed by atoms with Crippen LogP contribution in [0.15, 0.2) is 0 Å². The number of rotatable bonds is 12. The topological polar surface area (TPSA) is 37.3 Å². The van der Waals surface area contributed by atoms with Crippen LogP contribution in [0.3, 0.4) is 0 Å². The van der Waals surface area contributed by atoms with Crippen LogP contribution < -0.4 is 0 Å². The molecule has 1 rings (SSSR count). The van der Waals surface area contributed by atoms with E-state index in [1.54, 1.807) is 0 Å². The van der Waals surface area contributed by atoms with Gasteiger partial charge in [0.15, 0.2) is 0 Å². The Bertz CT molecular complexity index is 268. The summed E-state index contributed by atoms with van der Waals surface area (Å²) in [7, 11) is -0.799. The second-order valence-electron chi connectivity index (χ2n) is 6.66. The van der Waals surface area contributed by atoms with Crippen molar-refractivity contribution in [3.8, 4) is 0 Å². The summed E-state index contributed by atoms with van der Waals surface area (Å²) in [5.41, 5.74) is 0. The molecule has 0 aromatic carbocycles. The normalized spacial score (nSPS) is 24.1. The van der Waals surface area contributed by atoms with Gasteiger partial charge in [-0.2, -0.15) is 0 Å². The highest BCUT2D eigenvalue weighted by Crippen LogP contribution is 2.23. The molecule has 0 amide bonds. The Morgan fingerprint density at radius 1 is 0.857 bits per heavy atom. The smallest absolute Gasteiger partial charge is 0.0683 e. The first-order valence-corrected chi connectivity index (χ1v) is 10.7. The maximum absolute atomic E-state index is 12.2. The lowest BCUT2D eigenvalue weighted by Crippen LogP contribution is -2.34. The van der Waals surface area contributed by atoms with Crippen LogP contribution in [0.4, 0.5) is 0 Å². The summed E-state index contributed by atoms with van der Waals surface area (Å²) in [5.74, 6) is 0.804. The highest BCUT2D eigenvalue weighted by molar-refractivity contribution is 7.85. The van der Waals surface area contributed by atoms with Gasteiger partial charge in [-0.15, -0.1) is 0 Å². The quantitative estimate of drug-likeness (QED) is 0.517. The summed E-state index contributed by atoms with van der Waals surface area (Å²) in [6, 6.07) is 0. The van der Waals surface area contributed by atoms with Crippen molar-refractivity contribution in [3.63, 3.8) is 0 Å². The van der Waals surface area contributed by atoms with E-state index in [4.69, 9.17) is 0 Å². The van der Waals surface area contributed by atoms with Crippen molar-refractivity contribution in [2.75, 3.05) is 5.75 Å². The minimum atomic E-state index is -0.799. The first-order chi connectivity index (χ1) is 10.3. The average Bonchev–Trinajstić information content (AvgIpc) is 2.49. The summed E-state index contributed by atoms with van der Waals surface area (Å²) < 4.78 is 12.2. The van der Waals surface area contributed by atoms with Crippen molar-refractivity contribution >= 4 is 10.8 Å². The molecule has 1 aliphatic carbocycles. The molecule has 0 aromatic heterocycles. The maximum Gasteiger partial charge on any atom is 0.0683 e. The third kappa shape index (κ3) is 8.97. The van der Waals surface area contributed by atoms with Gasteiger partial charge in [-0.1, -0.05) is 77.6 Å². The van der Waals surface area contributed by atoms with Crippen LogP contribution in [-0.4, -0.2) is 26.4 Å². The molecule has 21 heavy (non-hydrogen) atoms. The Balaban J connectivity index is 1.90. The van der Waals surface area contributed by atoms with Crippen molar-refractivity contribution in [3.05, 3.63) is 0 Å². The first kappa shape index (κ1) is 19.2. The molecule has 1 N–H and O–H groups in total. The lowest BCUT2D eigenvalue weighted by atomic mass is 9.97. The Labute approximate surface area is 134 Å². The van der Waals surface area contributed by atoms with Crippen LogP contribution in [-0.2, 0) is 10.8 Å². The van der Waals surface area contributed by atoms with E-state index < -0.39 is 10.8 Å². The third-order valence-electron chi connectivity index (χ3n) is 4.70. The van der Waals surface area contributed by atoms with E-state index in [1.165, 1.54) is 57.8 Å². The Morgan fingerprint density at radius 2 is 1.38 bits per heavy atom. The van der Waals surface area contributed by atoms with Crippen LogP contribution in [0.5, 0.6) is 0 Å². The van der Waals surface area contributed by atoms with E-state index in [-0.39, 0.29) is 11.4 Å². The predicted octanol–water partition coefficient (Wildman–Crippen LogP) is 4.96. The highest BCUT2D eigenvalue weighted by Gasteiger charge is 2.27. The van der Waals surface area contributed by atoms with E-state index in [2.05, 4.69) is 6.92 Å². The summed E-state index contributed by atoms with van der Waals surface area (Å²) in [6.07, 6.45) is 17.0. The molecule has 1 aliphatic rings. The Morgan fingerprint density at radius 3 is 1.95 bits per heavy atom. The SMILES string of the molecule is CCCCCCCCCCCC[S@@](=O)[C@@H]1CCCC[C@H]1O. The van der Waals surface area contributed by atoms with Gasteiger partial charge in [0.05, 0.1) is 11.4 Å². The standard InChI is InChI=1S/C18H36O2S/c1-2-3-4-5-6-7-8-9-10-13-16-21(20)18-15-12-11-14-17(18)19/h17-19H,2-16H2,1H3/t17-,18-,21-/m1/s1. The molecule has 0 spiro atoms.